The van der Waals surface area contributed by atoms with Gasteiger partial charge in [0.2, 0.25) is 5.91 Å². The average molecular weight is 473 g/mol. The Bertz CT molecular complexity index is 1200. The molecule has 0 N–H and O–H groups in total. The predicted octanol–water partition coefficient (Wildman–Crippen LogP) is 5.31. The fourth-order valence-corrected chi connectivity index (χ4v) is 4.25. The highest BCUT2D eigenvalue weighted by Gasteiger charge is 2.34. The van der Waals surface area contributed by atoms with Crippen molar-refractivity contribution >= 4 is 11.8 Å². The lowest BCUT2D eigenvalue weighted by Gasteiger charge is -2.38. The van der Waals surface area contributed by atoms with Gasteiger partial charge in [0.15, 0.2) is 0 Å². The minimum Gasteiger partial charge on any atom is -0.497 e. The minimum absolute atomic E-state index is 0.181. The number of methoxy groups -OCH3 is 1. The lowest BCUT2D eigenvalue weighted by atomic mass is 10.00. The van der Waals surface area contributed by atoms with Gasteiger partial charge in [-0.25, -0.2) is 4.39 Å². The summed E-state index contributed by atoms with van der Waals surface area (Å²) < 4.78 is 18.8. The van der Waals surface area contributed by atoms with Gasteiger partial charge in [-0.05, 0) is 61.4 Å². The van der Waals surface area contributed by atoms with E-state index in [9.17, 15) is 14.0 Å². The second-order valence-corrected chi connectivity index (χ2v) is 8.74. The minimum atomic E-state index is -0.685. The molecule has 0 aliphatic carbocycles. The largest absolute Gasteiger partial charge is 0.497 e. The highest BCUT2D eigenvalue weighted by Crippen LogP contribution is 2.29. The van der Waals surface area contributed by atoms with E-state index in [0.29, 0.717) is 12.1 Å². The van der Waals surface area contributed by atoms with Crippen LogP contribution in [0.25, 0.3) is 0 Å². The number of nitrogens with zero attached hydrogens (tertiary/aromatic N) is 2. The van der Waals surface area contributed by atoms with Crippen LogP contribution in [0.3, 0.4) is 0 Å². The van der Waals surface area contributed by atoms with E-state index in [1.54, 1.807) is 48.1 Å². The molecule has 35 heavy (non-hydrogen) atoms. The van der Waals surface area contributed by atoms with Crippen molar-refractivity contribution in [3.8, 4) is 5.75 Å². The summed E-state index contributed by atoms with van der Waals surface area (Å²) in [5, 5.41) is 0. The second kappa shape index (κ2) is 10.6. The summed E-state index contributed by atoms with van der Waals surface area (Å²) in [6, 6.07) is 20.0. The molecule has 5 nitrogen and oxygen atoms in total. The Morgan fingerprint density at radius 2 is 1.66 bits per heavy atom. The Morgan fingerprint density at radius 3 is 2.29 bits per heavy atom. The first-order chi connectivity index (χ1) is 16.9. The topological polar surface area (TPSA) is 49.9 Å². The summed E-state index contributed by atoms with van der Waals surface area (Å²) in [5.41, 5.74) is 3.32. The zero-order chi connectivity index (χ0) is 24.9. The maximum absolute atomic E-state index is 13.9. The Labute approximate surface area is 205 Å². The molecule has 0 fully saturated rings. The van der Waals surface area contributed by atoms with Crippen molar-refractivity contribution in [2.24, 2.45) is 0 Å². The van der Waals surface area contributed by atoms with Gasteiger partial charge in [0, 0.05) is 18.7 Å². The van der Waals surface area contributed by atoms with Crippen molar-refractivity contribution in [3.05, 3.63) is 113 Å². The smallest absolute Gasteiger partial charge is 0.254 e. The first-order valence-corrected chi connectivity index (χ1v) is 11.6. The third-order valence-corrected chi connectivity index (χ3v) is 6.35. The molecule has 1 heterocycles. The number of amides is 2. The lowest BCUT2D eigenvalue weighted by molar-refractivity contribution is -0.138. The van der Waals surface area contributed by atoms with Gasteiger partial charge in [0.05, 0.1) is 13.2 Å². The molecule has 1 aliphatic rings. The van der Waals surface area contributed by atoms with E-state index < -0.39 is 6.04 Å². The van der Waals surface area contributed by atoms with E-state index in [4.69, 9.17) is 4.74 Å². The van der Waals surface area contributed by atoms with Gasteiger partial charge in [-0.1, -0.05) is 54.1 Å². The molecule has 0 radical (unpaired) electrons. The molecule has 1 unspecified atom stereocenters. The fraction of sp³-hybridized carbons (Fsp3) is 0.241. The van der Waals surface area contributed by atoms with E-state index in [2.05, 4.69) is 0 Å². The van der Waals surface area contributed by atoms with Crippen molar-refractivity contribution in [1.82, 2.24) is 9.80 Å². The van der Waals surface area contributed by atoms with E-state index in [1.165, 1.54) is 12.1 Å². The van der Waals surface area contributed by atoms with Crippen LogP contribution in [0.1, 0.15) is 40.0 Å². The van der Waals surface area contributed by atoms with E-state index in [0.717, 1.165) is 22.4 Å². The van der Waals surface area contributed by atoms with Crippen LogP contribution in [0.5, 0.6) is 5.75 Å². The fourth-order valence-electron chi connectivity index (χ4n) is 4.25. The summed E-state index contributed by atoms with van der Waals surface area (Å²) >= 11 is 0. The molecule has 0 saturated heterocycles. The van der Waals surface area contributed by atoms with Crippen LogP contribution in [0.15, 0.2) is 84.9 Å². The first-order valence-electron chi connectivity index (χ1n) is 11.6. The van der Waals surface area contributed by atoms with Crippen molar-refractivity contribution in [1.29, 1.82) is 0 Å². The molecule has 2 atom stereocenters. The van der Waals surface area contributed by atoms with Gasteiger partial charge < -0.3 is 14.5 Å². The van der Waals surface area contributed by atoms with Gasteiger partial charge in [-0.15, -0.1) is 0 Å². The van der Waals surface area contributed by atoms with E-state index in [1.807, 2.05) is 55.5 Å². The lowest BCUT2D eigenvalue weighted by Crippen LogP contribution is -2.51. The standard InChI is InChI=1S/C29H29FN2O3/c1-20-6-10-24(11-7-20)29(34)31-18-4-5-27(23-12-16-26(35-3)17-13-23)32(28(33)21(31)2)19-22-8-14-25(30)15-9-22/h4-17,21,27H,18-19H2,1-3H3/b5-4-/t21-,27?/m0/s1. The van der Waals surface area contributed by atoms with Crippen LogP contribution >= 0.6 is 0 Å². The highest BCUT2D eigenvalue weighted by molar-refractivity contribution is 5.97. The van der Waals surface area contributed by atoms with Gasteiger partial charge in [-0.2, -0.15) is 0 Å². The molecule has 0 spiro atoms. The zero-order valence-electron chi connectivity index (χ0n) is 20.1. The van der Waals surface area contributed by atoms with E-state index in [-0.39, 0.29) is 30.2 Å². The Kier molecular flexibility index (Phi) is 7.30. The van der Waals surface area contributed by atoms with Crippen LogP contribution in [0.4, 0.5) is 4.39 Å². The number of rotatable bonds is 5. The maximum atomic E-state index is 13.9. The summed E-state index contributed by atoms with van der Waals surface area (Å²) in [6.07, 6.45) is 3.88. The van der Waals surface area contributed by atoms with Crippen LogP contribution < -0.4 is 4.74 Å². The average Bonchev–Trinajstić information content (AvgIpc) is 2.88. The molecule has 0 aromatic heterocycles. The van der Waals surface area contributed by atoms with Crippen LogP contribution in [-0.2, 0) is 11.3 Å². The molecular formula is C29H29FN2O3. The number of carbonyl (C=O) groups excluding carboxylic acids is 2. The molecule has 0 bridgehead atoms. The quantitative estimate of drug-likeness (QED) is 0.473. The van der Waals surface area contributed by atoms with Crippen LogP contribution in [-0.4, -0.2) is 41.3 Å². The molecule has 4 rings (SSSR count). The van der Waals surface area contributed by atoms with Gasteiger partial charge in [0.1, 0.15) is 17.6 Å². The SMILES string of the molecule is COc1ccc(C2/C=C\CN(C(=O)c3ccc(C)cc3)[C@@H](C)C(=O)N2Cc2ccc(F)cc2)cc1. The summed E-state index contributed by atoms with van der Waals surface area (Å²) in [7, 11) is 1.61. The summed E-state index contributed by atoms with van der Waals surface area (Å²) in [6.45, 7) is 4.32. The number of hydrogen-bond acceptors (Lipinski definition) is 3. The molecule has 0 saturated carbocycles. The molecule has 180 valence electrons. The van der Waals surface area contributed by atoms with Gasteiger partial charge in [0.25, 0.3) is 5.91 Å². The molecule has 1 aliphatic heterocycles. The number of ether oxygens (including phenoxy) is 1. The maximum Gasteiger partial charge on any atom is 0.254 e. The monoisotopic (exact) mass is 472 g/mol. The van der Waals surface area contributed by atoms with E-state index >= 15 is 0 Å². The van der Waals surface area contributed by atoms with Gasteiger partial charge in [-0.3, -0.25) is 9.59 Å². The first kappa shape index (κ1) is 24.2. The Balaban J connectivity index is 1.70. The van der Waals surface area contributed by atoms with Crippen molar-refractivity contribution in [2.75, 3.05) is 13.7 Å². The molecule has 3 aromatic carbocycles. The van der Waals surface area contributed by atoms with Crippen molar-refractivity contribution < 1.29 is 18.7 Å². The number of benzene rings is 3. The third-order valence-electron chi connectivity index (χ3n) is 6.35. The van der Waals surface area contributed by atoms with Crippen molar-refractivity contribution in [3.63, 3.8) is 0 Å². The zero-order valence-corrected chi connectivity index (χ0v) is 20.1. The molecule has 3 aromatic rings. The summed E-state index contributed by atoms with van der Waals surface area (Å²) in [5.74, 6) is 0.0193. The van der Waals surface area contributed by atoms with Crippen LogP contribution in [0.2, 0.25) is 0 Å². The number of carbonyl (C=O) groups is 2. The van der Waals surface area contributed by atoms with Gasteiger partial charge >= 0.3 is 0 Å². The normalized spacial score (nSPS) is 19.1. The number of hydrogen-bond donors (Lipinski definition) is 0. The predicted molar refractivity (Wildman–Crippen MR) is 134 cm³/mol. The number of halogens is 1. The summed E-state index contributed by atoms with van der Waals surface area (Å²) in [4.78, 5) is 30.5. The highest BCUT2D eigenvalue weighted by atomic mass is 19.1. The van der Waals surface area contributed by atoms with Crippen LogP contribution in [0, 0.1) is 12.7 Å². The Hall–Kier alpha value is -3.93. The Morgan fingerprint density at radius 1 is 1.00 bits per heavy atom. The molecular weight excluding hydrogens is 443 g/mol. The second-order valence-electron chi connectivity index (χ2n) is 8.74. The van der Waals surface area contributed by atoms with Crippen molar-refractivity contribution in [2.45, 2.75) is 32.5 Å². The third kappa shape index (κ3) is 5.43. The molecule has 6 heteroatoms. The number of aryl methyl sites for hydroxylation is 1. The molecule has 2 amide bonds.